The fourth-order valence-electron chi connectivity index (χ4n) is 3.18. The monoisotopic (exact) mass is 297 g/mol. The number of anilines is 2. The molecular formula is C16H19N5O. The third-order valence-corrected chi connectivity index (χ3v) is 4.23. The van der Waals surface area contributed by atoms with Crippen LogP contribution in [0.1, 0.15) is 17.5 Å². The van der Waals surface area contributed by atoms with Gasteiger partial charge in [-0.05, 0) is 17.5 Å². The molecule has 2 aromatic rings. The van der Waals surface area contributed by atoms with Gasteiger partial charge in [0.25, 0.3) is 0 Å². The Balaban J connectivity index is 1.39. The number of amides is 1. The van der Waals surface area contributed by atoms with Crippen LogP contribution in [-0.4, -0.2) is 33.7 Å². The molecule has 0 saturated heterocycles. The molecule has 0 spiro atoms. The molecule has 2 N–H and O–H groups in total. The van der Waals surface area contributed by atoms with Crippen molar-refractivity contribution in [3.8, 4) is 0 Å². The molecular weight excluding hydrogens is 278 g/mol. The first kappa shape index (κ1) is 13.3. The highest BCUT2D eigenvalue weighted by molar-refractivity contribution is 5.94. The Morgan fingerprint density at radius 2 is 2.05 bits per heavy atom. The molecule has 6 nitrogen and oxygen atoms in total. The van der Waals surface area contributed by atoms with E-state index in [-0.39, 0.29) is 5.91 Å². The highest BCUT2D eigenvalue weighted by Gasteiger charge is 2.22. The maximum atomic E-state index is 12.3. The van der Waals surface area contributed by atoms with E-state index in [2.05, 4.69) is 32.8 Å². The second kappa shape index (κ2) is 5.46. The first-order valence-corrected chi connectivity index (χ1v) is 7.68. The minimum absolute atomic E-state index is 0.0102. The van der Waals surface area contributed by atoms with Crippen molar-refractivity contribution >= 4 is 17.4 Å². The van der Waals surface area contributed by atoms with Crippen LogP contribution in [-0.2, 0) is 24.4 Å². The molecule has 0 fully saturated rings. The van der Waals surface area contributed by atoms with Gasteiger partial charge < -0.3 is 10.6 Å². The molecule has 0 bridgehead atoms. The van der Waals surface area contributed by atoms with E-state index in [4.69, 9.17) is 0 Å². The number of fused-ring (bicyclic) bond motifs is 2. The number of aromatic nitrogens is 2. The van der Waals surface area contributed by atoms with E-state index in [1.54, 1.807) is 6.20 Å². The SMILES string of the molecule is O=C(CN1Cc2ccccc2C1)Nc1cnn2c1NCCC2. The Kier molecular flexibility index (Phi) is 3.31. The van der Waals surface area contributed by atoms with Crippen molar-refractivity contribution in [1.29, 1.82) is 0 Å². The molecule has 2 aliphatic rings. The molecule has 0 radical (unpaired) electrons. The zero-order valence-electron chi connectivity index (χ0n) is 12.4. The van der Waals surface area contributed by atoms with E-state index in [1.807, 2.05) is 16.8 Å². The number of aryl methyl sites for hydroxylation is 1. The lowest BCUT2D eigenvalue weighted by Crippen LogP contribution is -2.29. The minimum Gasteiger partial charge on any atom is -0.368 e. The van der Waals surface area contributed by atoms with Crippen LogP contribution in [0.5, 0.6) is 0 Å². The van der Waals surface area contributed by atoms with Gasteiger partial charge in [0, 0.05) is 26.2 Å². The van der Waals surface area contributed by atoms with Crippen LogP contribution in [0.15, 0.2) is 30.5 Å². The Morgan fingerprint density at radius 1 is 1.27 bits per heavy atom. The van der Waals surface area contributed by atoms with Gasteiger partial charge in [-0.1, -0.05) is 24.3 Å². The minimum atomic E-state index is 0.0102. The quantitative estimate of drug-likeness (QED) is 0.904. The molecule has 1 aromatic heterocycles. The topological polar surface area (TPSA) is 62.2 Å². The summed E-state index contributed by atoms with van der Waals surface area (Å²) in [5.74, 6) is 0.931. The Bertz CT molecular complexity index is 683. The molecule has 1 amide bonds. The van der Waals surface area contributed by atoms with Crippen molar-refractivity contribution in [3.63, 3.8) is 0 Å². The summed E-state index contributed by atoms with van der Waals surface area (Å²) in [6, 6.07) is 8.36. The van der Waals surface area contributed by atoms with Crippen molar-refractivity contribution in [3.05, 3.63) is 41.6 Å². The second-order valence-electron chi connectivity index (χ2n) is 5.87. The van der Waals surface area contributed by atoms with Crippen LogP contribution in [0.3, 0.4) is 0 Å². The second-order valence-corrected chi connectivity index (χ2v) is 5.87. The number of hydrogen-bond donors (Lipinski definition) is 2. The third kappa shape index (κ3) is 2.46. The number of rotatable bonds is 3. The zero-order chi connectivity index (χ0) is 14.9. The normalized spacial score (nSPS) is 16.7. The van der Waals surface area contributed by atoms with Gasteiger partial charge in [-0.25, -0.2) is 4.68 Å². The lowest BCUT2D eigenvalue weighted by molar-refractivity contribution is -0.117. The maximum absolute atomic E-state index is 12.3. The predicted molar refractivity (Wildman–Crippen MR) is 84.5 cm³/mol. The summed E-state index contributed by atoms with van der Waals surface area (Å²) in [7, 11) is 0. The van der Waals surface area contributed by atoms with Gasteiger partial charge in [-0.2, -0.15) is 5.10 Å². The average Bonchev–Trinajstić information content (AvgIpc) is 3.11. The number of hydrogen-bond acceptors (Lipinski definition) is 4. The molecule has 1 aromatic carbocycles. The van der Waals surface area contributed by atoms with Crippen LogP contribution < -0.4 is 10.6 Å². The zero-order valence-corrected chi connectivity index (χ0v) is 12.4. The summed E-state index contributed by atoms with van der Waals surface area (Å²) in [5.41, 5.74) is 3.42. The number of carbonyl (C=O) groups excluding carboxylic acids is 1. The largest absolute Gasteiger partial charge is 0.368 e. The Morgan fingerprint density at radius 3 is 2.82 bits per heavy atom. The molecule has 0 aliphatic carbocycles. The number of nitrogens with one attached hydrogen (secondary N) is 2. The van der Waals surface area contributed by atoms with E-state index in [0.717, 1.165) is 44.1 Å². The first-order chi connectivity index (χ1) is 10.8. The third-order valence-electron chi connectivity index (χ3n) is 4.23. The van der Waals surface area contributed by atoms with Crippen molar-refractivity contribution in [2.24, 2.45) is 0 Å². The summed E-state index contributed by atoms with van der Waals surface area (Å²) in [6.07, 6.45) is 2.79. The van der Waals surface area contributed by atoms with Crippen LogP contribution in [0.2, 0.25) is 0 Å². The van der Waals surface area contributed by atoms with Crippen LogP contribution >= 0.6 is 0 Å². The Labute approximate surface area is 129 Å². The van der Waals surface area contributed by atoms with Gasteiger partial charge in [0.15, 0.2) is 0 Å². The van der Waals surface area contributed by atoms with Crippen molar-refractivity contribution in [2.75, 3.05) is 23.7 Å². The molecule has 0 atom stereocenters. The summed E-state index contributed by atoms with van der Waals surface area (Å²) in [5, 5.41) is 10.6. The summed E-state index contributed by atoms with van der Waals surface area (Å²) in [4.78, 5) is 14.4. The number of benzene rings is 1. The molecule has 0 saturated carbocycles. The maximum Gasteiger partial charge on any atom is 0.238 e. The van der Waals surface area contributed by atoms with Gasteiger partial charge in [-0.3, -0.25) is 9.69 Å². The van der Waals surface area contributed by atoms with Crippen LogP contribution in [0.25, 0.3) is 0 Å². The van der Waals surface area contributed by atoms with Crippen LogP contribution in [0, 0.1) is 0 Å². The van der Waals surface area contributed by atoms with E-state index >= 15 is 0 Å². The molecule has 6 heteroatoms. The van der Waals surface area contributed by atoms with Gasteiger partial charge >= 0.3 is 0 Å². The molecule has 22 heavy (non-hydrogen) atoms. The molecule has 2 aliphatic heterocycles. The fraction of sp³-hybridized carbons (Fsp3) is 0.375. The molecule has 4 rings (SSSR count). The summed E-state index contributed by atoms with van der Waals surface area (Å²) < 4.78 is 1.91. The highest BCUT2D eigenvalue weighted by atomic mass is 16.2. The van der Waals surface area contributed by atoms with E-state index in [0.29, 0.717) is 6.54 Å². The van der Waals surface area contributed by atoms with Gasteiger partial charge in [0.1, 0.15) is 11.5 Å². The Hall–Kier alpha value is -2.34. The van der Waals surface area contributed by atoms with Crippen molar-refractivity contribution < 1.29 is 4.79 Å². The van der Waals surface area contributed by atoms with E-state index in [1.165, 1.54) is 11.1 Å². The van der Waals surface area contributed by atoms with E-state index in [9.17, 15) is 4.79 Å². The smallest absolute Gasteiger partial charge is 0.238 e. The summed E-state index contributed by atoms with van der Waals surface area (Å²) >= 11 is 0. The first-order valence-electron chi connectivity index (χ1n) is 7.68. The number of carbonyl (C=O) groups is 1. The standard InChI is InChI=1S/C16H19N5O/c22-15(11-20-9-12-4-1-2-5-13(12)10-20)19-14-8-18-21-7-3-6-17-16(14)21/h1-2,4-5,8,17H,3,6-7,9-11H2,(H,19,22). The van der Waals surface area contributed by atoms with Crippen LogP contribution in [0.4, 0.5) is 11.5 Å². The molecule has 114 valence electrons. The molecule has 0 unspecified atom stereocenters. The molecule has 3 heterocycles. The average molecular weight is 297 g/mol. The van der Waals surface area contributed by atoms with Gasteiger partial charge in [0.2, 0.25) is 5.91 Å². The van der Waals surface area contributed by atoms with E-state index < -0.39 is 0 Å². The van der Waals surface area contributed by atoms with Crippen molar-refractivity contribution in [1.82, 2.24) is 14.7 Å². The van der Waals surface area contributed by atoms with Crippen molar-refractivity contribution in [2.45, 2.75) is 26.1 Å². The number of nitrogens with zero attached hydrogens (tertiary/aromatic N) is 3. The summed E-state index contributed by atoms with van der Waals surface area (Å²) in [6.45, 7) is 3.91. The predicted octanol–water partition coefficient (Wildman–Crippen LogP) is 1.65. The van der Waals surface area contributed by atoms with Gasteiger partial charge in [-0.15, -0.1) is 0 Å². The fourth-order valence-corrected chi connectivity index (χ4v) is 3.18. The lowest BCUT2D eigenvalue weighted by Gasteiger charge is -2.18. The van der Waals surface area contributed by atoms with Gasteiger partial charge in [0.05, 0.1) is 12.7 Å². The lowest BCUT2D eigenvalue weighted by atomic mass is 10.1. The highest BCUT2D eigenvalue weighted by Crippen LogP contribution is 2.25.